The van der Waals surface area contributed by atoms with Crippen LogP contribution in [0.1, 0.15) is 31.4 Å². The van der Waals surface area contributed by atoms with E-state index in [-0.39, 0.29) is 5.54 Å². The summed E-state index contributed by atoms with van der Waals surface area (Å²) in [6.45, 7) is 7.93. The zero-order valence-electron chi connectivity index (χ0n) is 11.3. The molecule has 96 valence electrons. The molecule has 0 aliphatic carbocycles. The average molecular weight is 236 g/mol. The largest absolute Gasteiger partial charge is 0.496 e. The summed E-state index contributed by atoms with van der Waals surface area (Å²) >= 11 is 0. The van der Waals surface area contributed by atoms with Crippen LogP contribution in [-0.2, 0) is 6.54 Å². The zero-order chi connectivity index (χ0) is 12.9. The van der Waals surface area contributed by atoms with Gasteiger partial charge in [-0.25, -0.2) is 0 Å². The van der Waals surface area contributed by atoms with Gasteiger partial charge in [0.25, 0.3) is 0 Å². The van der Waals surface area contributed by atoms with E-state index < -0.39 is 0 Å². The zero-order valence-corrected chi connectivity index (χ0v) is 11.3. The molecule has 1 aromatic carbocycles. The Morgan fingerprint density at radius 2 is 2.06 bits per heavy atom. The fourth-order valence-corrected chi connectivity index (χ4v) is 1.83. The highest BCUT2D eigenvalue weighted by atomic mass is 16.5. The van der Waals surface area contributed by atoms with Crippen LogP contribution < -0.4 is 15.8 Å². The van der Waals surface area contributed by atoms with Gasteiger partial charge in [0.2, 0.25) is 0 Å². The van der Waals surface area contributed by atoms with E-state index in [1.165, 1.54) is 11.1 Å². The quantitative estimate of drug-likeness (QED) is 0.796. The maximum Gasteiger partial charge on any atom is 0.123 e. The highest BCUT2D eigenvalue weighted by molar-refractivity contribution is 5.36. The molecule has 0 aliphatic rings. The van der Waals surface area contributed by atoms with Crippen molar-refractivity contribution in [1.82, 2.24) is 5.32 Å². The van der Waals surface area contributed by atoms with Crippen molar-refractivity contribution in [2.24, 2.45) is 5.73 Å². The Bertz CT molecular complexity index is 361. The van der Waals surface area contributed by atoms with Gasteiger partial charge >= 0.3 is 0 Å². The number of hydrogen-bond donors (Lipinski definition) is 2. The standard InChI is InChI=1S/C14H24N2O/c1-11-5-6-13(17-4)12(9-11)10-16-14(2,3)7-8-15/h5-6,9,16H,7-8,10,15H2,1-4H3. The molecule has 3 heteroatoms. The van der Waals surface area contributed by atoms with Gasteiger partial charge in [0, 0.05) is 17.6 Å². The molecule has 0 amide bonds. The topological polar surface area (TPSA) is 47.3 Å². The third-order valence-electron chi connectivity index (χ3n) is 2.96. The first kappa shape index (κ1) is 14.0. The van der Waals surface area contributed by atoms with Crippen molar-refractivity contribution >= 4 is 0 Å². The lowest BCUT2D eigenvalue weighted by Gasteiger charge is -2.26. The van der Waals surface area contributed by atoms with Crippen LogP contribution in [0.5, 0.6) is 5.75 Å². The van der Waals surface area contributed by atoms with Gasteiger partial charge in [-0.1, -0.05) is 17.7 Å². The second-order valence-electron chi connectivity index (χ2n) is 5.09. The van der Waals surface area contributed by atoms with Crippen LogP contribution >= 0.6 is 0 Å². The van der Waals surface area contributed by atoms with Gasteiger partial charge in [0.15, 0.2) is 0 Å². The minimum atomic E-state index is 0.0590. The van der Waals surface area contributed by atoms with E-state index in [9.17, 15) is 0 Å². The summed E-state index contributed by atoms with van der Waals surface area (Å²) < 4.78 is 5.36. The van der Waals surface area contributed by atoms with Gasteiger partial charge in [0.05, 0.1) is 7.11 Å². The first-order chi connectivity index (χ1) is 7.98. The molecule has 3 N–H and O–H groups in total. The van der Waals surface area contributed by atoms with Gasteiger partial charge in [-0.05, 0) is 39.8 Å². The SMILES string of the molecule is COc1ccc(C)cc1CNC(C)(C)CCN. The molecule has 0 spiro atoms. The lowest BCUT2D eigenvalue weighted by Crippen LogP contribution is -2.40. The summed E-state index contributed by atoms with van der Waals surface area (Å²) in [5, 5.41) is 3.52. The summed E-state index contributed by atoms with van der Waals surface area (Å²) in [4.78, 5) is 0. The van der Waals surface area contributed by atoms with E-state index in [1.807, 2.05) is 6.07 Å². The summed E-state index contributed by atoms with van der Waals surface area (Å²) in [7, 11) is 1.71. The molecular weight excluding hydrogens is 212 g/mol. The van der Waals surface area contributed by atoms with Crippen molar-refractivity contribution in [3.05, 3.63) is 29.3 Å². The Kier molecular flexibility index (Phi) is 4.97. The second-order valence-corrected chi connectivity index (χ2v) is 5.09. The molecule has 1 rings (SSSR count). The first-order valence-electron chi connectivity index (χ1n) is 6.07. The fraction of sp³-hybridized carbons (Fsp3) is 0.571. The number of methoxy groups -OCH3 is 1. The van der Waals surface area contributed by atoms with Crippen molar-refractivity contribution in [3.8, 4) is 5.75 Å². The number of hydrogen-bond acceptors (Lipinski definition) is 3. The highest BCUT2D eigenvalue weighted by Gasteiger charge is 2.16. The van der Waals surface area contributed by atoms with E-state index >= 15 is 0 Å². The van der Waals surface area contributed by atoms with E-state index in [0.29, 0.717) is 6.54 Å². The van der Waals surface area contributed by atoms with Gasteiger partial charge in [-0.3, -0.25) is 0 Å². The maximum atomic E-state index is 5.60. The maximum absolute atomic E-state index is 5.60. The number of ether oxygens (including phenoxy) is 1. The van der Waals surface area contributed by atoms with Crippen LogP contribution in [-0.4, -0.2) is 19.2 Å². The molecule has 0 aromatic heterocycles. The average Bonchev–Trinajstić information content (AvgIpc) is 2.27. The first-order valence-corrected chi connectivity index (χ1v) is 6.07. The molecule has 17 heavy (non-hydrogen) atoms. The smallest absolute Gasteiger partial charge is 0.123 e. The van der Waals surface area contributed by atoms with Crippen LogP contribution in [0, 0.1) is 6.92 Å². The lowest BCUT2D eigenvalue weighted by molar-refractivity contribution is 0.357. The van der Waals surface area contributed by atoms with Gasteiger partial charge in [-0.2, -0.15) is 0 Å². The normalized spacial score (nSPS) is 11.6. The van der Waals surface area contributed by atoms with Crippen LogP contribution in [0.2, 0.25) is 0 Å². The molecule has 3 nitrogen and oxygen atoms in total. The molecule has 0 heterocycles. The van der Waals surface area contributed by atoms with Crippen molar-refractivity contribution in [2.75, 3.05) is 13.7 Å². The molecule has 0 saturated carbocycles. The molecule has 0 bridgehead atoms. The predicted octanol–water partition coefficient (Wildman–Crippen LogP) is 2.22. The molecule has 0 unspecified atom stereocenters. The van der Waals surface area contributed by atoms with Crippen molar-refractivity contribution in [1.29, 1.82) is 0 Å². The lowest BCUT2D eigenvalue weighted by atomic mass is 10.00. The number of nitrogens with one attached hydrogen (secondary N) is 1. The Balaban J connectivity index is 2.71. The number of aryl methyl sites for hydroxylation is 1. The summed E-state index contributed by atoms with van der Waals surface area (Å²) in [5.74, 6) is 0.937. The fourth-order valence-electron chi connectivity index (χ4n) is 1.83. The predicted molar refractivity (Wildman–Crippen MR) is 72.3 cm³/mol. The summed E-state index contributed by atoms with van der Waals surface area (Å²) in [6.07, 6.45) is 0.959. The molecule has 0 radical (unpaired) electrons. The Morgan fingerprint density at radius 3 is 2.65 bits per heavy atom. The monoisotopic (exact) mass is 236 g/mol. The third-order valence-corrected chi connectivity index (χ3v) is 2.96. The van der Waals surface area contributed by atoms with Gasteiger partial charge in [0.1, 0.15) is 5.75 Å². The Labute approximate surface area is 104 Å². The number of nitrogens with two attached hydrogens (primary N) is 1. The van der Waals surface area contributed by atoms with Gasteiger partial charge < -0.3 is 15.8 Å². The molecule has 0 fully saturated rings. The van der Waals surface area contributed by atoms with Crippen LogP contribution in [0.4, 0.5) is 0 Å². The molecular formula is C14H24N2O. The van der Waals surface area contributed by atoms with Crippen LogP contribution in [0.3, 0.4) is 0 Å². The van der Waals surface area contributed by atoms with Crippen molar-refractivity contribution < 1.29 is 4.74 Å². The highest BCUT2D eigenvalue weighted by Crippen LogP contribution is 2.20. The van der Waals surface area contributed by atoms with E-state index in [0.717, 1.165) is 18.7 Å². The van der Waals surface area contributed by atoms with Crippen LogP contribution in [0.15, 0.2) is 18.2 Å². The van der Waals surface area contributed by atoms with E-state index in [4.69, 9.17) is 10.5 Å². The Hall–Kier alpha value is -1.06. The van der Waals surface area contributed by atoms with Crippen molar-refractivity contribution in [3.63, 3.8) is 0 Å². The van der Waals surface area contributed by atoms with Crippen molar-refractivity contribution in [2.45, 2.75) is 39.3 Å². The third kappa shape index (κ3) is 4.36. The minimum Gasteiger partial charge on any atom is -0.496 e. The molecule has 0 aliphatic heterocycles. The van der Waals surface area contributed by atoms with Gasteiger partial charge in [-0.15, -0.1) is 0 Å². The molecule has 0 atom stereocenters. The number of benzene rings is 1. The van der Waals surface area contributed by atoms with E-state index in [1.54, 1.807) is 7.11 Å². The molecule has 1 aromatic rings. The summed E-state index contributed by atoms with van der Waals surface area (Å²) in [5.41, 5.74) is 8.10. The second kappa shape index (κ2) is 6.03. The minimum absolute atomic E-state index is 0.0590. The Morgan fingerprint density at radius 1 is 1.35 bits per heavy atom. The number of rotatable bonds is 6. The van der Waals surface area contributed by atoms with Crippen LogP contribution in [0.25, 0.3) is 0 Å². The summed E-state index contributed by atoms with van der Waals surface area (Å²) in [6, 6.07) is 6.24. The van der Waals surface area contributed by atoms with E-state index in [2.05, 4.69) is 38.2 Å². The molecule has 0 saturated heterocycles.